The smallest absolute Gasteiger partial charge is 0.160 e. The number of halogens is 1. The van der Waals surface area contributed by atoms with Gasteiger partial charge in [0, 0.05) is 0 Å². The maximum absolute atomic E-state index is 8.12. The van der Waals surface area contributed by atoms with Crippen LogP contribution in [0.4, 0.5) is 0 Å². The summed E-state index contributed by atoms with van der Waals surface area (Å²) in [7, 11) is -2.05. The van der Waals surface area contributed by atoms with Crippen LogP contribution in [0.1, 0.15) is 232 Å². The molecule has 1 aromatic carbocycles. The second-order valence-electron chi connectivity index (χ2n) is 16.9. The second kappa shape index (κ2) is 27.4. The van der Waals surface area contributed by atoms with E-state index in [0.717, 1.165) is 22.9 Å². The Balaban J connectivity index is 1.28. The van der Waals surface area contributed by atoms with Crippen molar-refractivity contribution in [1.29, 1.82) is 0 Å². The van der Waals surface area contributed by atoms with Crippen LogP contribution in [0.5, 0.6) is 0 Å². The maximum atomic E-state index is 8.12. The molecule has 0 N–H and O–H groups in total. The average molecular weight is 700 g/mol. The number of benzene rings is 1. The summed E-state index contributed by atoms with van der Waals surface area (Å²) >= 11 is 8.12. The highest BCUT2D eigenvalue weighted by Gasteiger charge is 2.49. The van der Waals surface area contributed by atoms with Gasteiger partial charge in [0.05, 0.1) is 0 Å². The molecule has 0 saturated heterocycles. The fourth-order valence-corrected chi connectivity index (χ4v) is 16.1. The van der Waals surface area contributed by atoms with Crippen LogP contribution >= 0.6 is 11.1 Å². The van der Waals surface area contributed by atoms with Crippen molar-refractivity contribution in [1.82, 2.24) is 0 Å². The molecule has 0 bridgehead atoms. The molecule has 278 valence electrons. The van der Waals surface area contributed by atoms with E-state index in [1.165, 1.54) is 218 Å². The second-order valence-corrected chi connectivity index (χ2v) is 22.5. The van der Waals surface area contributed by atoms with Crippen LogP contribution in [0.25, 0.3) is 0 Å². The summed E-state index contributed by atoms with van der Waals surface area (Å²) in [4.78, 5) is 0. The molecule has 0 spiro atoms. The van der Waals surface area contributed by atoms with Gasteiger partial charge in [0.25, 0.3) is 0 Å². The molecule has 0 aromatic heterocycles. The SMILES string of the molecule is CCCCCCCCCCCCCCC1CCC([Si](Cl)(c2ccccc2)C2CCC(CCCCCCCCCCCCCC)CC2)CC1. The Morgan fingerprint density at radius 2 is 0.708 bits per heavy atom. The highest BCUT2D eigenvalue weighted by molar-refractivity contribution is 7.28. The largest absolute Gasteiger partial charge is 0.192 e. The zero-order valence-electron chi connectivity index (χ0n) is 32.6. The summed E-state index contributed by atoms with van der Waals surface area (Å²) in [6.45, 7) is 4.63. The minimum absolute atomic E-state index is 0.790. The fourth-order valence-electron chi connectivity index (χ4n) is 9.79. The molecule has 2 aliphatic rings. The van der Waals surface area contributed by atoms with Crippen LogP contribution < -0.4 is 5.19 Å². The average Bonchev–Trinajstić information content (AvgIpc) is 3.13. The predicted molar refractivity (Wildman–Crippen MR) is 220 cm³/mol. The number of unbranched alkanes of at least 4 members (excludes halogenated alkanes) is 22. The van der Waals surface area contributed by atoms with Gasteiger partial charge in [-0.2, -0.15) is 11.1 Å². The normalized spacial score (nSPS) is 22.9. The van der Waals surface area contributed by atoms with Crippen molar-refractivity contribution in [2.45, 2.75) is 243 Å². The van der Waals surface area contributed by atoms with E-state index in [1.54, 1.807) is 5.19 Å². The van der Waals surface area contributed by atoms with Crippen molar-refractivity contribution in [3.05, 3.63) is 30.3 Å². The first-order chi connectivity index (χ1) is 23.7. The lowest BCUT2D eigenvalue weighted by Gasteiger charge is -2.45. The van der Waals surface area contributed by atoms with Gasteiger partial charge in [0.2, 0.25) is 0 Å². The third kappa shape index (κ3) is 16.8. The van der Waals surface area contributed by atoms with Gasteiger partial charge < -0.3 is 0 Å². The molecule has 0 amide bonds. The molecule has 0 nitrogen and oxygen atoms in total. The Labute approximate surface area is 307 Å². The summed E-state index contributed by atoms with van der Waals surface area (Å²) in [5.74, 6) is 1.95. The highest BCUT2D eigenvalue weighted by Crippen LogP contribution is 2.52. The monoisotopic (exact) mass is 699 g/mol. The summed E-state index contributed by atoms with van der Waals surface area (Å²) in [5, 5.41) is 1.57. The molecule has 2 saturated carbocycles. The van der Waals surface area contributed by atoms with Gasteiger partial charge in [-0.1, -0.05) is 262 Å². The fraction of sp³-hybridized carbons (Fsp3) is 0.870. The quantitative estimate of drug-likeness (QED) is 0.0444. The molecular weight excluding hydrogens is 616 g/mol. The van der Waals surface area contributed by atoms with E-state index in [0.29, 0.717) is 0 Å². The van der Waals surface area contributed by atoms with Gasteiger partial charge in [0.1, 0.15) is 0 Å². The van der Waals surface area contributed by atoms with Crippen LogP contribution in [0, 0.1) is 11.8 Å². The summed E-state index contributed by atoms with van der Waals surface area (Å²) in [6.07, 6.45) is 49.4. The first kappa shape index (κ1) is 42.1. The van der Waals surface area contributed by atoms with Gasteiger partial charge in [0.15, 0.2) is 7.38 Å². The lowest BCUT2D eigenvalue weighted by molar-refractivity contribution is 0.309. The van der Waals surface area contributed by atoms with Gasteiger partial charge >= 0.3 is 0 Å². The Morgan fingerprint density at radius 3 is 1.02 bits per heavy atom. The first-order valence-electron chi connectivity index (χ1n) is 22.4. The molecule has 2 fully saturated rings. The lowest BCUT2D eigenvalue weighted by Crippen LogP contribution is -2.52. The molecule has 48 heavy (non-hydrogen) atoms. The van der Waals surface area contributed by atoms with Crippen LogP contribution in [-0.2, 0) is 0 Å². The Kier molecular flexibility index (Phi) is 24.0. The van der Waals surface area contributed by atoms with E-state index in [2.05, 4.69) is 44.2 Å². The molecule has 0 atom stereocenters. The number of rotatable bonds is 29. The van der Waals surface area contributed by atoms with Gasteiger partial charge in [-0.15, -0.1) is 0 Å². The molecule has 0 heterocycles. The molecule has 1 aromatic rings. The van der Waals surface area contributed by atoms with E-state index in [1.807, 2.05) is 0 Å². The number of hydrogen-bond acceptors (Lipinski definition) is 0. The van der Waals surface area contributed by atoms with E-state index in [9.17, 15) is 0 Å². The third-order valence-electron chi connectivity index (χ3n) is 13.0. The van der Waals surface area contributed by atoms with Crippen LogP contribution in [0.15, 0.2) is 30.3 Å². The summed E-state index contributed by atoms with van der Waals surface area (Å²) in [6, 6.07) is 11.6. The van der Waals surface area contributed by atoms with E-state index in [4.69, 9.17) is 11.1 Å². The maximum Gasteiger partial charge on any atom is 0.192 e. The van der Waals surface area contributed by atoms with E-state index < -0.39 is 7.38 Å². The Hall–Kier alpha value is -0.273. The Morgan fingerprint density at radius 1 is 0.417 bits per heavy atom. The topological polar surface area (TPSA) is 0 Å². The molecule has 3 rings (SSSR count). The highest BCUT2D eigenvalue weighted by atomic mass is 35.6. The van der Waals surface area contributed by atoms with Crippen molar-refractivity contribution in [2.75, 3.05) is 0 Å². The zero-order valence-corrected chi connectivity index (χ0v) is 34.4. The van der Waals surface area contributed by atoms with Crippen molar-refractivity contribution in [2.24, 2.45) is 11.8 Å². The summed E-state index contributed by atoms with van der Waals surface area (Å²) in [5.41, 5.74) is 1.58. The number of hydrogen-bond donors (Lipinski definition) is 0. The van der Waals surface area contributed by atoms with Crippen molar-refractivity contribution < 1.29 is 0 Å². The van der Waals surface area contributed by atoms with E-state index in [-0.39, 0.29) is 0 Å². The molecule has 2 heteroatoms. The minimum atomic E-state index is -2.05. The molecule has 0 unspecified atom stereocenters. The Bertz CT molecular complexity index is 789. The standard InChI is InChI=1S/C46H83ClSi/c1-3-5-7-9-11-13-15-17-19-21-23-26-30-42-34-38-45(39-35-42)48(47,44-32-28-25-29-33-44)46-40-36-43(37-41-46)31-27-24-22-20-18-16-14-12-10-8-6-4-2/h25,28-29,32-33,42-43,45-46H,3-24,26-27,30-31,34-41H2,1-2H3. The summed E-state index contributed by atoms with van der Waals surface area (Å²) < 4.78 is 0. The molecule has 0 aliphatic heterocycles. The van der Waals surface area contributed by atoms with Crippen molar-refractivity contribution in [3.63, 3.8) is 0 Å². The predicted octanol–water partition coefficient (Wildman–Crippen LogP) is 16.4. The van der Waals surface area contributed by atoms with Crippen LogP contribution in [0.3, 0.4) is 0 Å². The molecule has 0 radical (unpaired) electrons. The first-order valence-corrected chi connectivity index (χ1v) is 25.6. The van der Waals surface area contributed by atoms with Crippen molar-refractivity contribution >= 4 is 23.6 Å². The molecular formula is C46H83ClSi. The van der Waals surface area contributed by atoms with Gasteiger partial charge in [-0.05, 0) is 28.1 Å². The zero-order chi connectivity index (χ0) is 34.0. The van der Waals surface area contributed by atoms with Crippen molar-refractivity contribution in [3.8, 4) is 0 Å². The van der Waals surface area contributed by atoms with Crippen LogP contribution in [0.2, 0.25) is 11.1 Å². The lowest BCUT2D eigenvalue weighted by atomic mass is 9.84. The van der Waals surface area contributed by atoms with Gasteiger partial charge in [-0.3, -0.25) is 0 Å². The minimum Gasteiger partial charge on any atom is -0.160 e. The molecule has 2 aliphatic carbocycles. The third-order valence-corrected chi connectivity index (χ3v) is 20.3. The van der Waals surface area contributed by atoms with Crippen LogP contribution in [-0.4, -0.2) is 7.38 Å². The van der Waals surface area contributed by atoms with E-state index >= 15 is 0 Å². The van der Waals surface area contributed by atoms with Gasteiger partial charge in [-0.25, -0.2) is 0 Å².